The third-order valence-electron chi connectivity index (χ3n) is 3.35. The third kappa shape index (κ3) is 2.85. The molecule has 1 heterocycles. The van der Waals surface area contributed by atoms with Crippen molar-refractivity contribution in [2.45, 2.75) is 9.79 Å². The van der Waals surface area contributed by atoms with Crippen LogP contribution in [0.5, 0.6) is 0 Å². The SMILES string of the molecule is CN(C)C(=O)c1ccccc1Sc1c[nH]c2cc(Cl)ccc12. The molecule has 22 heavy (non-hydrogen) atoms. The zero-order valence-corrected chi connectivity index (χ0v) is 13.8. The minimum atomic E-state index is 0.00554. The summed E-state index contributed by atoms with van der Waals surface area (Å²) in [6.07, 6.45) is 1.95. The van der Waals surface area contributed by atoms with Crippen LogP contribution in [0.25, 0.3) is 10.9 Å². The van der Waals surface area contributed by atoms with Gasteiger partial charge in [-0.3, -0.25) is 4.79 Å². The fraction of sp³-hybridized carbons (Fsp3) is 0.118. The number of rotatable bonds is 3. The lowest BCUT2D eigenvalue weighted by Gasteiger charge is -2.13. The van der Waals surface area contributed by atoms with Crippen LogP contribution < -0.4 is 0 Å². The van der Waals surface area contributed by atoms with Gasteiger partial charge in [0.15, 0.2) is 0 Å². The molecule has 0 aliphatic heterocycles. The molecule has 3 nitrogen and oxygen atoms in total. The van der Waals surface area contributed by atoms with Gasteiger partial charge in [0.05, 0.1) is 5.56 Å². The van der Waals surface area contributed by atoms with Gasteiger partial charge < -0.3 is 9.88 Å². The van der Waals surface area contributed by atoms with Gasteiger partial charge >= 0.3 is 0 Å². The molecule has 0 unspecified atom stereocenters. The summed E-state index contributed by atoms with van der Waals surface area (Å²) in [4.78, 5) is 19.1. The van der Waals surface area contributed by atoms with E-state index in [1.165, 1.54) is 0 Å². The van der Waals surface area contributed by atoms with Crippen LogP contribution in [-0.2, 0) is 0 Å². The Morgan fingerprint density at radius 3 is 2.68 bits per heavy atom. The minimum Gasteiger partial charge on any atom is -0.360 e. The first-order valence-electron chi connectivity index (χ1n) is 6.81. The Bertz CT molecular complexity index is 842. The quantitative estimate of drug-likeness (QED) is 0.757. The summed E-state index contributed by atoms with van der Waals surface area (Å²) in [5, 5.41) is 1.80. The number of H-pyrrole nitrogens is 1. The fourth-order valence-corrected chi connectivity index (χ4v) is 3.47. The number of aromatic amines is 1. The normalized spacial score (nSPS) is 10.9. The fourth-order valence-electron chi connectivity index (χ4n) is 2.25. The number of fused-ring (bicyclic) bond motifs is 1. The van der Waals surface area contributed by atoms with Crippen molar-refractivity contribution in [3.8, 4) is 0 Å². The van der Waals surface area contributed by atoms with Crippen LogP contribution >= 0.6 is 23.4 Å². The van der Waals surface area contributed by atoms with E-state index in [-0.39, 0.29) is 5.91 Å². The van der Waals surface area contributed by atoms with E-state index < -0.39 is 0 Å². The van der Waals surface area contributed by atoms with Gasteiger partial charge in [-0.1, -0.05) is 41.6 Å². The average Bonchev–Trinajstić information content (AvgIpc) is 2.89. The van der Waals surface area contributed by atoms with Crippen molar-refractivity contribution in [1.82, 2.24) is 9.88 Å². The Morgan fingerprint density at radius 2 is 1.91 bits per heavy atom. The van der Waals surface area contributed by atoms with Crippen molar-refractivity contribution in [1.29, 1.82) is 0 Å². The molecule has 3 aromatic rings. The molecule has 0 bridgehead atoms. The van der Waals surface area contributed by atoms with Gasteiger partial charge in [-0.05, 0) is 24.3 Å². The molecule has 5 heteroatoms. The van der Waals surface area contributed by atoms with E-state index in [4.69, 9.17) is 11.6 Å². The first-order valence-corrected chi connectivity index (χ1v) is 8.01. The van der Waals surface area contributed by atoms with Gasteiger partial charge in [0.25, 0.3) is 5.91 Å². The molecule has 0 spiro atoms. The predicted octanol–water partition coefficient (Wildman–Crippen LogP) is 4.67. The first-order chi connectivity index (χ1) is 10.6. The van der Waals surface area contributed by atoms with Gasteiger partial charge in [0.1, 0.15) is 0 Å². The molecule has 112 valence electrons. The van der Waals surface area contributed by atoms with Crippen molar-refractivity contribution in [3.63, 3.8) is 0 Å². The predicted molar refractivity (Wildman–Crippen MR) is 91.9 cm³/mol. The topological polar surface area (TPSA) is 36.1 Å². The van der Waals surface area contributed by atoms with Crippen molar-refractivity contribution in [2.24, 2.45) is 0 Å². The molecule has 0 saturated heterocycles. The molecule has 1 amide bonds. The number of halogens is 1. The summed E-state index contributed by atoms with van der Waals surface area (Å²) >= 11 is 7.59. The third-order valence-corrected chi connectivity index (χ3v) is 4.72. The molecule has 0 atom stereocenters. The number of benzene rings is 2. The highest BCUT2D eigenvalue weighted by Crippen LogP contribution is 2.36. The molecule has 0 radical (unpaired) electrons. The molecule has 1 N–H and O–H groups in total. The van der Waals surface area contributed by atoms with Crippen molar-refractivity contribution < 1.29 is 4.79 Å². The van der Waals surface area contributed by atoms with E-state index in [2.05, 4.69) is 4.98 Å². The van der Waals surface area contributed by atoms with Crippen molar-refractivity contribution in [2.75, 3.05) is 14.1 Å². The Morgan fingerprint density at radius 1 is 1.14 bits per heavy atom. The molecular weight excluding hydrogens is 316 g/mol. The van der Waals surface area contributed by atoms with Crippen molar-refractivity contribution in [3.05, 3.63) is 59.2 Å². The Balaban J connectivity index is 2.00. The molecule has 0 fully saturated rings. The van der Waals surface area contributed by atoms with Gasteiger partial charge in [-0.15, -0.1) is 0 Å². The summed E-state index contributed by atoms with van der Waals surface area (Å²) in [7, 11) is 3.52. The maximum atomic E-state index is 12.3. The van der Waals surface area contributed by atoms with Crippen LogP contribution in [0.1, 0.15) is 10.4 Å². The van der Waals surface area contributed by atoms with E-state index in [9.17, 15) is 4.79 Å². The summed E-state index contributed by atoms with van der Waals surface area (Å²) < 4.78 is 0. The highest BCUT2D eigenvalue weighted by molar-refractivity contribution is 7.99. The second-order valence-electron chi connectivity index (χ2n) is 5.14. The lowest BCUT2D eigenvalue weighted by Crippen LogP contribution is -2.22. The molecule has 2 aromatic carbocycles. The zero-order chi connectivity index (χ0) is 15.7. The second kappa shape index (κ2) is 6.07. The lowest BCUT2D eigenvalue weighted by molar-refractivity contribution is 0.0824. The number of hydrogen-bond donors (Lipinski definition) is 1. The van der Waals surface area contributed by atoms with Gasteiger partial charge in [-0.25, -0.2) is 0 Å². The summed E-state index contributed by atoms with van der Waals surface area (Å²) in [6.45, 7) is 0. The lowest BCUT2D eigenvalue weighted by atomic mass is 10.2. The highest BCUT2D eigenvalue weighted by atomic mass is 35.5. The molecule has 0 aliphatic rings. The zero-order valence-electron chi connectivity index (χ0n) is 12.3. The Labute approximate surface area is 138 Å². The van der Waals surface area contributed by atoms with Crippen LogP contribution in [0.2, 0.25) is 5.02 Å². The first kappa shape index (κ1) is 15.0. The summed E-state index contributed by atoms with van der Waals surface area (Å²) in [5.74, 6) is 0.00554. The maximum absolute atomic E-state index is 12.3. The van der Waals surface area contributed by atoms with Gasteiger partial charge in [0.2, 0.25) is 0 Å². The smallest absolute Gasteiger partial charge is 0.254 e. The summed E-state index contributed by atoms with van der Waals surface area (Å²) in [5.41, 5.74) is 1.70. The maximum Gasteiger partial charge on any atom is 0.254 e. The number of hydrogen-bond acceptors (Lipinski definition) is 2. The number of amides is 1. The van der Waals surface area contributed by atoms with Gasteiger partial charge in [0, 0.05) is 46.0 Å². The van der Waals surface area contributed by atoms with Crippen molar-refractivity contribution >= 4 is 40.2 Å². The minimum absolute atomic E-state index is 0.00554. The second-order valence-corrected chi connectivity index (χ2v) is 6.66. The standard InChI is InChI=1S/C17H15ClN2OS/c1-20(2)17(21)13-5-3-4-6-15(13)22-16-10-19-14-9-11(18)7-8-12(14)16/h3-10,19H,1-2H3. The number of nitrogens with zero attached hydrogens (tertiary/aromatic N) is 1. The number of aromatic nitrogens is 1. The molecule has 3 rings (SSSR count). The van der Waals surface area contributed by atoms with Crippen LogP contribution in [0.4, 0.5) is 0 Å². The molecule has 1 aromatic heterocycles. The summed E-state index contributed by atoms with van der Waals surface area (Å²) in [6, 6.07) is 13.4. The van der Waals surface area contributed by atoms with E-state index in [0.29, 0.717) is 10.6 Å². The van der Waals surface area contributed by atoms with Crippen LogP contribution in [0.15, 0.2) is 58.5 Å². The van der Waals surface area contributed by atoms with E-state index >= 15 is 0 Å². The van der Waals surface area contributed by atoms with E-state index in [1.54, 1.807) is 30.8 Å². The molecule has 0 saturated carbocycles. The molecule has 0 aliphatic carbocycles. The van der Waals surface area contributed by atoms with Crippen LogP contribution in [-0.4, -0.2) is 29.9 Å². The number of carbonyl (C=O) groups excluding carboxylic acids is 1. The van der Waals surface area contributed by atoms with E-state index in [0.717, 1.165) is 20.7 Å². The van der Waals surface area contributed by atoms with Crippen LogP contribution in [0, 0.1) is 0 Å². The number of nitrogens with one attached hydrogen (secondary N) is 1. The monoisotopic (exact) mass is 330 g/mol. The highest BCUT2D eigenvalue weighted by Gasteiger charge is 2.15. The largest absolute Gasteiger partial charge is 0.360 e. The Hall–Kier alpha value is -1.91. The van der Waals surface area contributed by atoms with Gasteiger partial charge in [-0.2, -0.15) is 0 Å². The van der Waals surface area contributed by atoms with Crippen LogP contribution in [0.3, 0.4) is 0 Å². The average molecular weight is 331 g/mol. The van der Waals surface area contributed by atoms with E-state index in [1.807, 2.05) is 48.7 Å². The Kier molecular flexibility index (Phi) is 4.14. The molecular formula is C17H15ClN2OS. The number of carbonyl (C=O) groups is 1.